The van der Waals surface area contributed by atoms with E-state index in [0.29, 0.717) is 0 Å². The molecule has 0 saturated heterocycles. The second kappa shape index (κ2) is 9.54. The van der Waals surface area contributed by atoms with E-state index in [0.717, 1.165) is 55.5 Å². The predicted molar refractivity (Wildman–Crippen MR) is 203 cm³/mol. The first kappa shape index (κ1) is 28.3. The van der Waals surface area contributed by atoms with Crippen molar-refractivity contribution in [3.8, 4) is 45.3 Å². The second-order valence-corrected chi connectivity index (χ2v) is 15.1. The van der Waals surface area contributed by atoms with Gasteiger partial charge in [-0.25, -0.2) is 0 Å². The monoisotopic (exact) mass is 646 g/mol. The maximum absolute atomic E-state index is 6.75. The van der Waals surface area contributed by atoms with Crippen LogP contribution in [0.15, 0.2) is 121 Å². The first-order chi connectivity index (χ1) is 24.3. The summed E-state index contributed by atoms with van der Waals surface area (Å²) in [6.45, 7) is 9.15. The van der Waals surface area contributed by atoms with Crippen molar-refractivity contribution in [3.05, 3.63) is 144 Å². The van der Waals surface area contributed by atoms with Crippen LogP contribution in [0, 0.1) is 0 Å². The molecule has 2 heterocycles. The summed E-state index contributed by atoms with van der Waals surface area (Å²) in [5, 5.41) is 4.21. The molecule has 4 nitrogen and oxygen atoms in total. The molecule has 2 aliphatic carbocycles. The Morgan fingerprint density at radius 1 is 0.360 bits per heavy atom. The van der Waals surface area contributed by atoms with Gasteiger partial charge in [0.05, 0.1) is 0 Å². The number of hydrogen-bond acceptors (Lipinski definition) is 4. The maximum atomic E-state index is 6.75. The molecule has 2 aliphatic heterocycles. The van der Waals surface area contributed by atoms with Crippen LogP contribution >= 0.6 is 0 Å². The van der Waals surface area contributed by atoms with Crippen LogP contribution in [0.4, 0.5) is 0 Å². The molecule has 50 heavy (non-hydrogen) atoms. The van der Waals surface area contributed by atoms with Gasteiger partial charge in [0.1, 0.15) is 23.0 Å². The van der Waals surface area contributed by atoms with Gasteiger partial charge in [0.15, 0.2) is 0 Å². The van der Waals surface area contributed by atoms with Gasteiger partial charge in [-0.2, -0.15) is 0 Å². The van der Waals surface area contributed by atoms with E-state index < -0.39 is 14.2 Å². The summed E-state index contributed by atoms with van der Waals surface area (Å²) < 4.78 is 27.0. The van der Waals surface area contributed by atoms with E-state index in [1.807, 2.05) is 0 Å². The lowest BCUT2D eigenvalue weighted by atomic mass is 9.66. The maximum Gasteiger partial charge on any atom is 0.634 e. The van der Waals surface area contributed by atoms with E-state index in [1.165, 1.54) is 44.5 Å². The van der Waals surface area contributed by atoms with Gasteiger partial charge in [-0.3, -0.25) is 0 Å². The van der Waals surface area contributed by atoms with Gasteiger partial charge < -0.3 is 18.6 Å². The molecule has 0 N–H and O–H groups in total. The lowest BCUT2D eigenvalue weighted by Gasteiger charge is -2.21. The highest BCUT2D eigenvalue weighted by Gasteiger charge is 2.45. The molecule has 0 spiro atoms. The molecule has 238 valence electrons. The smallest absolute Gasteiger partial charge is 0.519 e. The van der Waals surface area contributed by atoms with Gasteiger partial charge in [0.2, 0.25) is 0 Å². The fourth-order valence-electron chi connectivity index (χ4n) is 9.23. The third kappa shape index (κ3) is 3.58. The zero-order valence-electron chi connectivity index (χ0n) is 28.3. The van der Waals surface area contributed by atoms with Gasteiger partial charge in [-0.1, -0.05) is 125 Å². The summed E-state index contributed by atoms with van der Waals surface area (Å²) in [5.74, 6) is 3.10. The van der Waals surface area contributed by atoms with Crippen molar-refractivity contribution in [2.24, 2.45) is 0 Å². The van der Waals surface area contributed by atoms with Crippen molar-refractivity contribution >= 4 is 46.7 Å². The molecule has 0 bridgehead atoms. The van der Waals surface area contributed by atoms with Crippen LogP contribution < -0.4 is 29.5 Å². The first-order valence-corrected chi connectivity index (χ1v) is 17.5. The van der Waals surface area contributed by atoms with Gasteiger partial charge >= 0.3 is 14.2 Å². The van der Waals surface area contributed by atoms with Gasteiger partial charge in [0, 0.05) is 21.8 Å². The Balaban J connectivity index is 1.03. The Kier molecular flexibility index (Phi) is 5.39. The molecule has 0 atom stereocenters. The van der Waals surface area contributed by atoms with Gasteiger partial charge in [-0.05, 0) is 90.3 Å². The Hall–Kier alpha value is -5.61. The molecule has 11 rings (SSSR count). The highest BCUT2D eigenvalue weighted by atomic mass is 16.6. The van der Waals surface area contributed by atoms with E-state index >= 15 is 0 Å². The first-order valence-electron chi connectivity index (χ1n) is 17.5. The Morgan fingerprint density at radius 3 is 1.06 bits per heavy atom. The summed E-state index contributed by atoms with van der Waals surface area (Å²) in [4.78, 5) is 0. The summed E-state index contributed by atoms with van der Waals surface area (Å²) >= 11 is 0. The predicted octanol–water partition coefficient (Wildman–Crippen LogP) is 8.94. The topological polar surface area (TPSA) is 36.9 Å². The SMILES string of the molecule is CC1(C)c2ccccc2-c2cc3c(cc21)OB(c1c2ccccc2c(B2Oc4cc5c(cc4O2)C(C)(C)c2ccccc2-5)c2ccccc12)O3. The largest absolute Gasteiger partial charge is 0.634 e. The summed E-state index contributed by atoms with van der Waals surface area (Å²) in [5.41, 5.74) is 11.9. The minimum Gasteiger partial charge on any atom is -0.519 e. The normalized spacial score (nSPS) is 16.5. The van der Waals surface area contributed by atoms with E-state index in [4.69, 9.17) is 18.6 Å². The Bertz CT molecular complexity index is 2400. The zero-order chi connectivity index (χ0) is 33.5. The van der Waals surface area contributed by atoms with Crippen LogP contribution in [0.1, 0.15) is 49.9 Å². The average Bonchev–Trinajstić information content (AvgIpc) is 3.85. The van der Waals surface area contributed by atoms with Crippen LogP contribution in [0.5, 0.6) is 23.0 Å². The molecular formula is C44H32B2O4. The quantitative estimate of drug-likeness (QED) is 0.139. The molecule has 0 aromatic heterocycles. The molecule has 0 amide bonds. The molecule has 4 aliphatic rings. The standard InChI is InChI=1S/C44H32B2O4/c1-43(2)33-19-11-9-13-25(33)31-21-37-39(23-35(31)43)49-45(47-37)41-27-15-5-7-17-29(27)42(30-18-8-6-16-28(30)41)46-48-38-22-32-26-14-10-12-20-34(26)44(3,4)36(32)24-40(38)50-46/h5-24H,1-4H3. The number of fused-ring (bicyclic) bond motifs is 10. The average molecular weight is 646 g/mol. The van der Waals surface area contributed by atoms with Crippen LogP contribution in [0.2, 0.25) is 0 Å². The lowest BCUT2D eigenvalue weighted by Crippen LogP contribution is -2.45. The van der Waals surface area contributed by atoms with Crippen LogP contribution in [-0.4, -0.2) is 14.2 Å². The molecule has 7 aromatic rings. The fraction of sp³-hybridized carbons (Fsp3) is 0.136. The third-order valence-electron chi connectivity index (χ3n) is 11.7. The van der Waals surface area contributed by atoms with E-state index in [1.54, 1.807) is 0 Å². The highest BCUT2D eigenvalue weighted by molar-refractivity contribution is 6.75. The molecular weight excluding hydrogens is 614 g/mol. The minimum absolute atomic E-state index is 0.123. The van der Waals surface area contributed by atoms with Crippen molar-refractivity contribution in [1.82, 2.24) is 0 Å². The van der Waals surface area contributed by atoms with Crippen LogP contribution in [-0.2, 0) is 10.8 Å². The molecule has 0 unspecified atom stereocenters. The van der Waals surface area contributed by atoms with Crippen LogP contribution in [0.25, 0.3) is 43.8 Å². The molecule has 0 fully saturated rings. The van der Waals surface area contributed by atoms with Crippen molar-refractivity contribution in [1.29, 1.82) is 0 Å². The number of benzene rings is 7. The molecule has 0 radical (unpaired) electrons. The fourth-order valence-corrected chi connectivity index (χ4v) is 9.23. The molecule has 7 aromatic carbocycles. The van der Waals surface area contributed by atoms with Crippen LogP contribution in [0.3, 0.4) is 0 Å². The summed E-state index contributed by atoms with van der Waals surface area (Å²) in [6.07, 6.45) is 0. The second-order valence-electron chi connectivity index (χ2n) is 15.1. The number of hydrogen-bond donors (Lipinski definition) is 0. The van der Waals surface area contributed by atoms with E-state index in [2.05, 4.69) is 149 Å². The molecule has 6 heteroatoms. The van der Waals surface area contributed by atoms with Gasteiger partial charge in [0.25, 0.3) is 0 Å². The Labute approximate surface area is 291 Å². The van der Waals surface area contributed by atoms with E-state index in [-0.39, 0.29) is 10.8 Å². The van der Waals surface area contributed by atoms with Crippen molar-refractivity contribution in [2.45, 2.75) is 38.5 Å². The lowest BCUT2D eigenvalue weighted by molar-refractivity contribution is 0.518. The van der Waals surface area contributed by atoms with Crippen molar-refractivity contribution in [2.75, 3.05) is 0 Å². The zero-order valence-corrected chi connectivity index (χ0v) is 28.3. The summed E-state index contributed by atoms with van der Waals surface area (Å²) in [6, 6.07) is 43.0. The summed E-state index contributed by atoms with van der Waals surface area (Å²) in [7, 11) is -1.22. The molecule has 0 saturated carbocycles. The van der Waals surface area contributed by atoms with Crippen molar-refractivity contribution < 1.29 is 18.6 Å². The number of rotatable bonds is 2. The van der Waals surface area contributed by atoms with E-state index in [9.17, 15) is 0 Å². The third-order valence-corrected chi connectivity index (χ3v) is 11.7. The highest BCUT2D eigenvalue weighted by Crippen LogP contribution is 2.54. The van der Waals surface area contributed by atoms with Gasteiger partial charge in [-0.15, -0.1) is 0 Å². The minimum atomic E-state index is -0.609. The Morgan fingerprint density at radius 2 is 0.680 bits per heavy atom. The van der Waals surface area contributed by atoms with Crippen molar-refractivity contribution in [3.63, 3.8) is 0 Å².